The van der Waals surface area contributed by atoms with E-state index in [9.17, 15) is 19.7 Å². The van der Waals surface area contributed by atoms with Gasteiger partial charge in [0.05, 0.1) is 13.2 Å². The second-order valence-electron chi connectivity index (χ2n) is 2.43. The topological polar surface area (TPSA) is 114 Å². The fourth-order valence-electron chi connectivity index (χ4n) is 0.658. The van der Waals surface area contributed by atoms with Crippen LogP contribution in [0.15, 0.2) is 0 Å². The van der Waals surface area contributed by atoms with Crippen molar-refractivity contribution in [1.29, 1.82) is 0 Å². The van der Waals surface area contributed by atoms with Crippen molar-refractivity contribution in [2.24, 2.45) is 0 Å². The Bertz CT molecular complexity index is 243. The first-order valence-electron chi connectivity index (χ1n) is 4.26. The Morgan fingerprint density at radius 1 is 1.50 bits per heavy atom. The first-order chi connectivity index (χ1) is 7.56. The highest BCUT2D eigenvalue weighted by molar-refractivity contribution is 5.59. The number of nitrogens with zero attached hydrogens (tertiary/aromatic N) is 1. The first kappa shape index (κ1) is 13.9. The van der Waals surface area contributed by atoms with Crippen molar-refractivity contribution in [1.82, 2.24) is 0 Å². The molecular formula is C7H11NO8. The van der Waals surface area contributed by atoms with E-state index in [0.717, 1.165) is 0 Å². The molecule has 0 aliphatic carbocycles. The second-order valence-corrected chi connectivity index (χ2v) is 2.43. The molecule has 0 aliphatic heterocycles. The summed E-state index contributed by atoms with van der Waals surface area (Å²) in [4.78, 5) is 34.2. The van der Waals surface area contributed by atoms with E-state index in [1.807, 2.05) is 0 Å². The molecule has 0 spiro atoms. The second kappa shape index (κ2) is 8.26. The average Bonchev–Trinajstić information content (AvgIpc) is 2.15. The Balaban J connectivity index is 3.50. The number of rotatable bonds is 8. The molecule has 0 radical (unpaired) electrons. The summed E-state index contributed by atoms with van der Waals surface area (Å²) >= 11 is 0. The summed E-state index contributed by atoms with van der Waals surface area (Å²) in [5, 5.41) is 8.74. The summed E-state index contributed by atoms with van der Waals surface area (Å²) in [6, 6.07) is 0. The van der Waals surface area contributed by atoms with Gasteiger partial charge in [-0.3, -0.25) is 9.63 Å². The maximum Gasteiger partial charge on any atom is 0.510 e. The van der Waals surface area contributed by atoms with Gasteiger partial charge in [0, 0.05) is 6.42 Å². The summed E-state index contributed by atoms with van der Waals surface area (Å²) in [5.74, 6) is 0. The summed E-state index contributed by atoms with van der Waals surface area (Å²) in [6.07, 6.45) is -2.13. The van der Waals surface area contributed by atoms with E-state index in [2.05, 4.69) is 19.0 Å². The number of hydrogen-bond acceptors (Lipinski definition) is 8. The maximum atomic E-state index is 10.8. The van der Waals surface area contributed by atoms with E-state index in [1.165, 1.54) is 6.92 Å². The summed E-state index contributed by atoms with van der Waals surface area (Å²) < 4.78 is 13.1. The summed E-state index contributed by atoms with van der Waals surface area (Å²) in [5.41, 5.74) is 0. The lowest BCUT2D eigenvalue weighted by Gasteiger charge is -2.10. The minimum Gasteiger partial charge on any atom is -0.468 e. The van der Waals surface area contributed by atoms with E-state index >= 15 is 0 Å². The molecule has 0 bridgehead atoms. The van der Waals surface area contributed by atoms with Crippen molar-refractivity contribution in [2.45, 2.75) is 19.6 Å². The van der Waals surface area contributed by atoms with Gasteiger partial charge >= 0.3 is 6.16 Å². The Morgan fingerprint density at radius 3 is 2.75 bits per heavy atom. The van der Waals surface area contributed by atoms with Crippen LogP contribution in [0.25, 0.3) is 0 Å². The lowest BCUT2D eigenvalue weighted by atomic mass is 10.5. The Hall–Kier alpha value is -2.06. The van der Waals surface area contributed by atoms with E-state index < -0.39 is 17.5 Å². The van der Waals surface area contributed by atoms with Crippen LogP contribution < -0.4 is 0 Å². The molecule has 1 unspecified atom stereocenters. The molecule has 9 nitrogen and oxygen atoms in total. The highest BCUT2D eigenvalue weighted by Gasteiger charge is 2.13. The summed E-state index contributed by atoms with van der Waals surface area (Å²) in [7, 11) is 0. The third kappa shape index (κ3) is 8.53. The normalized spacial score (nSPS) is 11.1. The molecule has 0 aromatic heterocycles. The quantitative estimate of drug-likeness (QED) is 0.147. The SMILES string of the molecule is CC(OC(=O)OCCCOC=O)O[N+](=O)[O-]. The van der Waals surface area contributed by atoms with E-state index in [0.29, 0.717) is 6.42 Å². The number of ether oxygens (including phenoxy) is 3. The molecule has 9 heteroatoms. The van der Waals surface area contributed by atoms with Crippen molar-refractivity contribution in [3.63, 3.8) is 0 Å². The molecule has 0 fully saturated rings. The zero-order valence-electron chi connectivity index (χ0n) is 8.49. The molecule has 1 atom stereocenters. The van der Waals surface area contributed by atoms with Gasteiger partial charge in [0.2, 0.25) is 6.29 Å². The largest absolute Gasteiger partial charge is 0.510 e. The number of carbonyl (C=O) groups excluding carboxylic acids is 2. The molecule has 0 saturated heterocycles. The molecule has 0 amide bonds. The Labute approximate surface area is 90.3 Å². The number of hydrogen-bond donors (Lipinski definition) is 0. The molecule has 0 heterocycles. The van der Waals surface area contributed by atoms with Gasteiger partial charge in [-0.25, -0.2) is 4.79 Å². The molecule has 16 heavy (non-hydrogen) atoms. The van der Waals surface area contributed by atoms with Crippen molar-refractivity contribution < 1.29 is 33.7 Å². The lowest BCUT2D eigenvalue weighted by Crippen LogP contribution is -2.22. The van der Waals surface area contributed by atoms with E-state index in [1.54, 1.807) is 0 Å². The molecule has 0 aliphatic rings. The lowest BCUT2D eigenvalue weighted by molar-refractivity contribution is -0.777. The van der Waals surface area contributed by atoms with E-state index in [-0.39, 0.29) is 19.7 Å². The average molecular weight is 237 g/mol. The van der Waals surface area contributed by atoms with Crippen molar-refractivity contribution in [3.05, 3.63) is 10.1 Å². The van der Waals surface area contributed by atoms with Gasteiger partial charge < -0.3 is 14.2 Å². The predicted octanol–water partition coefficient (Wildman–Crippen LogP) is 0.257. The highest BCUT2D eigenvalue weighted by atomic mass is 17.0. The van der Waals surface area contributed by atoms with Gasteiger partial charge in [0.15, 0.2) is 0 Å². The standard InChI is InChI=1S/C7H11NO8/c1-6(16-8(11)12)15-7(10)14-4-2-3-13-5-9/h5-6H,2-4H2,1H3. The fraction of sp³-hybridized carbons (Fsp3) is 0.714. The van der Waals surface area contributed by atoms with Crippen molar-refractivity contribution in [2.75, 3.05) is 13.2 Å². The molecule has 0 rings (SSSR count). The fourth-order valence-corrected chi connectivity index (χ4v) is 0.658. The van der Waals surface area contributed by atoms with Crippen LogP contribution in [0.2, 0.25) is 0 Å². The molecule has 92 valence electrons. The van der Waals surface area contributed by atoms with Crippen LogP contribution in [0, 0.1) is 10.1 Å². The molecule has 0 saturated carbocycles. The van der Waals surface area contributed by atoms with Crippen LogP contribution in [-0.4, -0.2) is 37.2 Å². The van der Waals surface area contributed by atoms with Crippen LogP contribution in [0.1, 0.15) is 13.3 Å². The van der Waals surface area contributed by atoms with Gasteiger partial charge in [-0.05, 0) is 6.92 Å². The van der Waals surface area contributed by atoms with Crippen molar-refractivity contribution in [3.8, 4) is 0 Å². The Kier molecular flexibility index (Phi) is 7.20. The van der Waals surface area contributed by atoms with Gasteiger partial charge in [-0.2, -0.15) is 0 Å². The number of carbonyl (C=O) groups is 2. The van der Waals surface area contributed by atoms with Crippen molar-refractivity contribution >= 4 is 12.6 Å². The maximum absolute atomic E-state index is 10.8. The van der Waals surface area contributed by atoms with Gasteiger partial charge in [0.25, 0.3) is 11.6 Å². The monoisotopic (exact) mass is 237 g/mol. The van der Waals surface area contributed by atoms with Crippen LogP contribution in [-0.2, 0) is 23.8 Å². The minimum atomic E-state index is -1.34. The predicted molar refractivity (Wildman–Crippen MR) is 46.6 cm³/mol. The van der Waals surface area contributed by atoms with Gasteiger partial charge in [-0.15, -0.1) is 10.1 Å². The summed E-state index contributed by atoms with van der Waals surface area (Å²) in [6.45, 7) is 1.51. The van der Waals surface area contributed by atoms with Crippen LogP contribution in [0.3, 0.4) is 0 Å². The molecule has 0 aromatic rings. The minimum absolute atomic E-state index is 0.0299. The van der Waals surface area contributed by atoms with Crippen LogP contribution >= 0.6 is 0 Å². The van der Waals surface area contributed by atoms with Crippen LogP contribution in [0.5, 0.6) is 0 Å². The van der Waals surface area contributed by atoms with Crippen LogP contribution in [0.4, 0.5) is 4.79 Å². The zero-order chi connectivity index (χ0) is 12.4. The first-order valence-corrected chi connectivity index (χ1v) is 4.26. The molecular weight excluding hydrogens is 226 g/mol. The smallest absolute Gasteiger partial charge is 0.468 e. The highest BCUT2D eigenvalue weighted by Crippen LogP contribution is 1.97. The third-order valence-electron chi connectivity index (χ3n) is 1.19. The molecule has 0 N–H and O–H groups in total. The Morgan fingerprint density at radius 2 is 2.19 bits per heavy atom. The molecule has 0 aromatic carbocycles. The van der Waals surface area contributed by atoms with Gasteiger partial charge in [-0.1, -0.05) is 0 Å². The van der Waals surface area contributed by atoms with E-state index in [4.69, 9.17) is 0 Å². The zero-order valence-corrected chi connectivity index (χ0v) is 8.49. The third-order valence-corrected chi connectivity index (χ3v) is 1.19. The van der Waals surface area contributed by atoms with Gasteiger partial charge in [0.1, 0.15) is 0 Å².